The molecule has 9 nitrogen and oxygen atoms in total. The number of fused-ring (bicyclic) bond motifs is 1. The Morgan fingerprint density at radius 3 is 2.68 bits per heavy atom. The van der Waals surface area contributed by atoms with Crippen molar-refractivity contribution in [3.63, 3.8) is 0 Å². The summed E-state index contributed by atoms with van der Waals surface area (Å²) in [5, 5.41) is 14.3. The number of hydrogen-bond donors (Lipinski definition) is 4. The molecule has 9 heteroatoms. The summed E-state index contributed by atoms with van der Waals surface area (Å²) in [6.07, 6.45) is 1.34. The fourth-order valence-electron chi connectivity index (χ4n) is 3.28. The van der Waals surface area contributed by atoms with E-state index in [2.05, 4.69) is 20.6 Å². The summed E-state index contributed by atoms with van der Waals surface area (Å²) in [5.74, 6) is -0.444. The molecule has 0 atom stereocenters. The van der Waals surface area contributed by atoms with Crippen LogP contribution in [0.25, 0.3) is 11.0 Å². The molecule has 1 aliphatic rings. The van der Waals surface area contributed by atoms with Crippen molar-refractivity contribution in [1.29, 1.82) is 0 Å². The van der Waals surface area contributed by atoms with E-state index in [1.807, 2.05) is 24.3 Å². The first kappa shape index (κ1) is 19.7. The number of piperidine rings is 1. The van der Waals surface area contributed by atoms with Crippen molar-refractivity contribution in [2.45, 2.75) is 25.7 Å². The monoisotopic (exact) mass is 387 g/mol. The minimum Gasteiger partial charge on any atom is -0.481 e. The Hall–Kier alpha value is -3.10. The van der Waals surface area contributed by atoms with Gasteiger partial charge >= 0.3 is 5.97 Å². The van der Waals surface area contributed by atoms with E-state index < -0.39 is 11.9 Å². The third-order valence-corrected chi connectivity index (χ3v) is 4.89. The number of aromatic amines is 1. The topological polar surface area (TPSA) is 127 Å². The van der Waals surface area contributed by atoms with Crippen molar-refractivity contribution in [3.8, 4) is 0 Å². The number of aliphatic carboxylic acids is 1. The summed E-state index contributed by atoms with van der Waals surface area (Å²) in [6, 6.07) is 7.85. The lowest BCUT2D eigenvalue weighted by atomic mass is 9.96. The minimum absolute atomic E-state index is 0.0387. The summed E-state index contributed by atoms with van der Waals surface area (Å²) in [4.78, 5) is 43.8. The van der Waals surface area contributed by atoms with E-state index in [1.165, 1.54) is 0 Å². The summed E-state index contributed by atoms with van der Waals surface area (Å²) < 4.78 is 0. The second-order valence-electron chi connectivity index (χ2n) is 6.98. The molecule has 150 valence electrons. The predicted octanol–water partition coefficient (Wildman–Crippen LogP) is 1.19. The van der Waals surface area contributed by atoms with Crippen molar-refractivity contribution in [2.75, 3.05) is 31.5 Å². The fourth-order valence-corrected chi connectivity index (χ4v) is 3.28. The number of H-pyrrole nitrogens is 1. The molecule has 1 aliphatic heterocycles. The van der Waals surface area contributed by atoms with Gasteiger partial charge in [0.15, 0.2) is 0 Å². The maximum absolute atomic E-state index is 12.2. The third kappa shape index (κ3) is 5.45. The zero-order valence-corrected chi connectivity index (χ0v) is 15.6. The molecule has 2 amide bonds. The number of hydrogen-bond acceptors (Lipinski definition) is 5. The van der Waals surface area contributed by atoms with Gasteiger partial charge in [-0.2, -0.15) is 0 Å². The number of carbonyl (C=O) groups excluding carboxylic acids is 2. The molecule has 1 fully saturated rings. The van der Waals surface area contributed by atoms with E-state index in [-0.39, 0.29) is 25.3 Å². The van der Waals surface area contributed by atoms with Crippen molar-refractivity contribution < 1.29 is 19.5 Å². The predicted molar refractivity (Wildman–Crippen MR) is 104 cm³/mol. The van der Waals surface area contributed by atoms with Crippen LogP contribution in [0.2, 0.25) is 0 Å². The quantitative estimate of drug-likeness (QED) is 0.504. The SMILES string of the molecule is O=C(O)CCNC(=O)CC(=O)N1CCC(CNc2nc3ccccc3[nH]2)CC1. The summed E-state index contributed by atoms with van der Waals surface area (Å²) in [5.41, 5.74) is 1.92. The van der Waals surface area contributed by atoms with Crippen molar-refractivity contribution >= 4 is 34.8 Å². The molecule has 3 rings (SSSR count). The minimum atomic E-state index is -0.982. The molecule has 1 saturated heterocycles. The number of carbonyl (C=O) groups is 3. The van der Waals surface area contributed by atoms with E-state index in [0.29, 0.717) is 19.0 Å². The average molecular weight is 387 g/mol. The lowest BCUT2D eigenvalue weighted by Gasteiger charge is -2.32. The molecule has 0 bridgehead atoms. The highest BCUT2D eigenvalue weighted by atomic mass is 16.4. The van der Waals surface area contributed by atoms with Crippen LogP contribution in [0.1, 0.15) is 25.7 Å². The van der Waals surface area contributed by atoms with Crippen LogP contribution in [0.15, 0.2) is 24.3 Å². The van der Waals surface area contributed by atoms with E-state index in [1.54, 1.807) is 4.90 Å². The molecule has 28 heavy (non-hydrogen) atoms. The van der Waals surface area contributed by atoms with Gasteiger partial charge in [-0.25, -0.2) is 4.98 Å². The number of rotatable bonds is 8. The number of aromatic nitrogens is 2. The Morgan fingerprint density at radius 2 is 1.96 bits per heavy atom. The average Bonchev–Trinajstić information content (AvgIpc) is 3.09. The number of imidazole rings is 1. The van der Waals surface area contributed by atoms with Crippen LogP contribution in [0.3, 0.4) is 0 Å². The number of amides is 2. The first-order chi connectivity index (χ1) is 13.5. The molecule has 0 unspecified atom stereocenters. The van der Waals surface area contributed by atoms with Crippen LogP contribution in [0.5, 0.6) is 0 Å². The Kier molecular flexibility index (Phi) is 6.46. The van der Waals surface area contributed by atoms with Crippen LogP contribution < -0.4 is 10.6 Å². The van der Waals surface area contributed by atoms with Gasteiger partial charge in [-0.1, -0.05) is 12.1 Å². The molecule has 1 aromatic carbocycles. The second-order valence-corrected chi connectivity index (χ2v) is 6.98. The van der Waals surface area contributed by atoms with Crippen molar-refractivity contribution in [2.24, 2.45) is 5.92 Å². The number of carboxylic acids is 1. The third-order valence-electron chi connectivity index (χ3n) is 4.89. The van der Waals surface area contributed by atoms with Gasteiger partial charge in [-0.15, -0.1) is 0 Å². The van der Waals surface area contributed by atoms with Gasteiger partial charge in [0.1, 0.15) is 6.42 Å². The lowest BCUT2D eigenvalue weighted by molar-refractivity contribution is -0.137. The zero-order valence-electron chi connectivity index (χ0n) is 15.6. The number of nitrogens with zero attached hydrogens (tertiary/aromatic N) is 2. The number of para-hydroxylation sites is 2. The van der Waals surface area contributed by atoms with E-state index in [4.69, 9.17) is 5.11 Å². The van der Waals surface area contributed by atoms with Gasteiger partial charge in [0, 0.05) is 26.2 Å². The van der Waals surface area contributed by atoms with Gasteiger partial charge in [-0.05, 0) is 30.9 Å². The summed E-state index contributed by atoms with van der Waals surface area (Å²) in [7, 11) is 0. The van der Waals surface area contributed by atoms with Crippen LogP contribution >= 0.6 is 0 Å². The van der Waals surface area contributed by atoms with E-state index >= 15 is 0 Å². The summed E-state index contributed by atoms with van der Waals surface area (Å²) >= 11 is 0. The summed E-state index contributed by atoms with van der Waals surface area (Å²) in [6.45, 7) is 2.05. The zero-order chi connectivity index (χ0) is 19.9. The molecule has 0 saturated carbocycles. The van der Waals surface area contributed by atoms with Crippen molar-refractivity contribution in [3.05, 3.63) is 24.3 Å². The Bertz CT molecular complexity index is 809. The fraction of sp³-hybridized carbons (Fsp3) is 0.474. The molecular weight excluding hydrogens is 362 g/mol. The lowest BCUT2D eigenvalue weighted by Crippen LogP contribution is -2.42. The van der Waals surface area contributed by atoms with Crippen LogP contribution in [-0.4, -0.2) is 63.9 Å². The normalized spacial score (nSPS) is 14.8. The molecule has 4 N–H and O–H groups in total. The largest absolute Gasteiger partial charge is 0.481 e. The molecule has 2 heterocycles. The van der Waals surface area contributed by atoms with Gasteiger partial charge in [0.05, 0.1) is 17.5 Å². The van der Waals surface area contributed by atoms with Crippen LogP contribution in [-0.2, 0) is 14.4 Å². The molecule has 1 aromatic heterocycles. The highest BCUT2D eigenvalue weighted by molar-refractivity contribution is 5.97. The van der Waals surface area contributed by atoms with Crippen molar-refractivity contribution in [1.82, 2.24) is 20.2 Å². The number of carboxylic acid groups (broad SMARTS) is 1. The van der Waals surface area contributed by atoms with Gasteiger partial charge in [0.2, 0.25) is 17.8 Å². The maximum Gasteiger partial charge on any atom is 0.305 e. The second kappa shape index (κ2) is 9.20. The van der Waals surface area contributed by atoms with E-state index in [9.17, 15) is 14.4 Å². The standard InChI is InChI=1S/C19H25N5O4/c25-16(20-8-5-18(27)28)11-17(26)24-9-6-13(7-10-24)12-21-19-22-14-3-1-2-4-15(14)23-19/h1-4,13H,5-12H2,(H,20,25)(H,27,28)(H2,21,22,23). The van der Waals surface area contributed by atoms with Gasteiger partial charge in [-0.3, -0.25) is 14.4 Å². The molecule has 0 aliphatic carbocycles. The Labute approximate surface area is 162 Å². The first-order valence-electron chi connectivity index (χ1n) is 9.46. The van der Waals surface area contributed by atoms with Crippen LogP contribution in [0, 0.1) is 5.92 Å². The smallest absolute Gasteiger partial charge is 0.305 e. The van der Waals surface area contributed by atoms with Gasteiger partial charge in [0.25, 0.3) is 0 Å². The highest BCUT2D eigenvalue weighted by Gasteiger charge is 2.24. The first-order valence-corrected chi connectivity index (χ1v) is 9.46. The molecular formula is C19H25N5O4. The Morgan fingerprint density at radius 1 is 1.21 bits per heavy atom. The van der Waals surface area contributed by atoms with Crippen LogP contribution in [0.4, 0.5) is 5.95 Å². The Balaban J connectivity index is 1.37. The number of anilines is 1. The molecule has 0 radical (unpaired) electrons. The number of nitrogens with one attached hydrogen (secondary N) is 3. The number of benzene rings is 1. The van der Waals surface area contributed by atoms with Gasteiger partial charge < -0.3 is 25.6 Å². The number of likely N-dealkylation sites (tertiary alicyclic amines) is 1. The molecule has 0 spiro atoms. The van der Waals surface area contributed by atoms with E-state index in [0.717, 1.165) is 36.4 Å². The molecule has 2 aromatic rings. The highest BCUT2D eigenvalue weighted by Crippen LogP contribution is 2.19. The maximum atomic E-state index is 12.2.